The van der Waals surface area contributed by atoms with Gasteiger partial charge in [-0.25, -0.2) is 0 Å². The van der Waals surface area contributed by atoms with Crippen LogP contribution in [-0.2, 0) is 4.79 Å². The van der Waals surface area contributed by atoms with Gasteiger partial charge in [0.1, 0.15) is 6.04 Å². The van der Waals surface area contributed by atoms with Crippen molar-refractivity contribution in [2.75, 3.05) is 13.1 Å². The van der Waals surface area contributed by atoms with Crippen molar-refractivity contribution >= 4 is 5.91 Å². The van der Waals surface area contributed by atoms with E-state index in [9.17, 15) is 4.79 Å². The van der Waals surface area contributed by atoms with Crippen molar-refractivity contribution in [2.45, 2.75) is 83.0 Å². The molecule has 3 aliphatic rings. The lowest BCUT2D eigenvalue weighted by atomic mass is 10.0. The molecule has 0 aromatic carbocycles. The van der Waals surface area contributed by atoms with Crippen LogP contribution in [0.3, 0.4) is 0 Å². The van der Waals surface area contributed by atoms with Gasteiger partial charge >= 0.3 is 0 Å². The molecule has 0 bridgehead atoms. The molecule has 3 unspecified atom stereocenters. The second-order valence-electron chi connectivity index (χ2n) is 9.01. The van der Waals surface area contributed by atoms with Crippen molar-refractivity contribution in [3.63, 3.8) is 0 Å². The number of carbonyl (C=O) groups is 1. The molecule has 2 saturated carbocycles. The SMILES string of the molecule is CC(C)(C)NC1CC2CC(NCC(=O)N3CCCC3C#N)CC2C1. The monoisotopic (exact) mass is 332 g/mol. The molecular formula is C19H32N4O. The smallest absolute Gasteiger partial charge is 0.237 e. The second kappa shape index (κ2) is 7.01. The normalized spacial score (nSPS) is 35.9. The third-order valence-electron chi connectivity index (χ3n) is 5.92. The summed E-state index contributed by atoms with van der Waals surface area (Å²) in [6.07, 6.45) is 6.73. The van der Waals surface area contributed by atoms with Crippen LogP contribution in [0.1, 0.15) is 59.3 Å². The van der Waals surface area contributed by atoms with E-state index in [-0.39, 0.29) is 17.5 Å². The first kappa shape index (κ1) is 17.7. The summed E-state index contributed by atoms with van der Waals surface area (Å²) in [6, 6.07) is 3.18. The fourth-order valence-electron chi connectivity index (χ4n) is 5.05. The van der Waals surface area contributed by atoms with Gasteiger partial charge in [-0.2, -0.15) is 5.26 Å². The zero-order chi connectivity index (χ0) is 17.3. The second-order valence-corrected chi connectivity index (χ2v) is 9.01. The summed E-state index contributed by atoms with van der Waals surface area (Å²) < 4.78 is 0. The first-order valence-corrected chi connectivity index (χ1v) is 9.56. The topological polar surface area (TPSA) is 68.2 Å². The van der Waals surface area contributed by atoms with Crippen molar-refractivity contribution in [2.24, 2.45) is 11.8 Å². The van der Waals surface area contributed by atoms with Gasteiger partial charge in [-0.05, 0) is 71.1 Å². The van der Waals surface area contributed by atoms with Gasteiger partial charge in [-0.15, -0.1) is 0 Å². The Balaban J connectivity index is 1.41. The van der Waals surface area contributed by atoms with E-state index in [1.165, 1.54) is 25.7 Å². The molecule has 0 radical (unpaired) electrons. The van der Waals surface area contributed by atoms with E-state index in [4.69, 9.17) is 5.26 Å². The maximum absolute atomic E-state index is 12.3. The Bertz CT molecular complexity index is 492. The van der Waals surface area contributed by atoms with Crippen LogP contribution in [0, 0.1) is 23.2 Å². The molecule has 5 nitrogen and oxygen atoms in total. The lowest BCUT2D eigenvalue weighted by Crippen LogP contribution is -2.44. The first-order chi connectivity index (χ1) is 11.4. The number of nitriles is 1. The number of carbonyl (C=O) groups excluding carboxylic acids is 1. The van der Waals surface area contributed by atoms with Crippen molar-refractivity contribution in [3.8, 4) is 6.07 Å². The minimum Gasteiger partial charge on any atom is -0.326 e. The maximum Gasteiger partial charge on any atom is 0.237 e. The van der Waals surface area contributed by atoms with Gasteiger partial charge in [0, 0.05) is 24.2 Å². The fraction of sp³-hybridized carbons (Fsp3) is 0.895. The van der Waals surface area contributed by atoms with Crippen molar-refractivity contribution in [3.05, 3.63) is 0 Å². The summed E-state index contributed by atoms with van der Waals surface area (Å²) >= 11 is 0. The summed E-state index contributed by atoms with van der Waals surface area (Å²) in [5.74, 6) is 1.70. The standard InChI is InChI=1S/C19H32N4O/c1-19(2,3)22-16-9-13-7-15(8-14(13)10-16)21-12-18(24)23-6-4-5-17(23)11-20/h13-17,21-22H,4-10,12H2,1-3H3. The Hall–Kier alpha value is -1.12. The van der Waals surface area contributed by atoms with E-state index in [1.54, 1.807) is 4.90 Å². The third-order valence-corrected chi connectivity index (χ3v) is 5.92. The lowest BCUT2D eigenvalue weighted by Gasteiger charge is -2.27. The Labute approximate surface area is 146 Å². The number of nitrogens with zero attached hydrogens (tertiary/aromatic N) is 2. The molecule has 2 aliphatic carbocycles. The largest absolute Gasteiger partial charge is 0.326 e. The molecule has 1 amide bonds. The van der Waals surface area contributed by atoms with Gasteiger partial charge in [0.25, 0.3) is 0 Å². The molecule has 24 heavy (non-hydrogen) atoms. The third kappa shape index (κ3) is 4.10. The molecule has 3 atom stereocenters. The first-order valence-electron chi connectivity index (χ1n) is 9.56. The molecule has 3 rings (SSSR count). The highest BCUT2D eigenvalue weighted by Gasteiger charge is 2.42. The highest BCUT2D eigenvalue weighted by molar-refractivity contribution is 5.79. The Morgan fingerprint density at radius 1 is 1.17 bits per heavy atom. The highest BCUT2D eigenvalue weighted by Crippen LogP contribution is 2.44. The molecule has 1 heterocycles. The van der Waals surface area contributed by atoms with Gasteiger partial charge in [0.2, 0.25) is 5.91 Å². The molecule has 0 spiro atoms. The average molecular weight is 332 g/mol. The number of nitrogens with one attached hydrogen (secondary N) is 2. The van der Waals surface area contributed by atoms with Crippen molar-refractivity contribution in [1.82, 2.24) is 15.5 Å². The highest BCUT2D eigenvalue weighted by atomic mass is 16.2. The van der Waals surface area contributed by atoms with Crippen LogP contribution < -0.4 is 10.6 Å². The molecule has 134 valence electrons. The molecule has 5 heteroatoms. The van der Waals surface area contributed by atoms with Gasteiger partial charge < -0.3 is 15.5 Å². The van der Waals surface area contributed by atoms with Gasteiger partial charge in [0.15, 0.2) is 0 Å². The Morgan fingerprint density at radius 2 is 1.79 bits per heavy atom. The summed E-state index contributed by atoms with van der Waals surface area (Å²) in [6.45, 7) is 7.86. The molecule has 1 saturated heterocycles. The number of rotatable bonds is 4. The maximum atomic E-state index is 12.3. The van der Waals surface area contributed by atoms with Crippen LogP contribution in [0.4, 0.5) is 0 Å². The Kier molecular flexibility index (Phi) is 5.17. The summed E-state index contributed by atoms with van der Waals surface area (Å²) in [5.41, 5.74) is 0.195. The molecule has 0 aromatic rings. The molecular weight excluding hydrogens is 300 g/mol. The molecule has 3 fully saturated rings. The van der Waals surface area contributed by atoms with E-state index < -0.39 is 0 Å². The fourth-order valence-corrected chi connectivity index (χ4v) is 5.05. The van der Waals surface area contributed by atoms with Crippen LogP contribution in [0.25, 0.3) is 0 Å². The number of amides is 1. The zero-order valence-electron chi connectivity index (χ0n) is 15.3. The summed E-state index contributed by atoms with van der Waals surface area (Å²) in [4.78, 5) is 14.1. The zero-order valence-corrected chi connectivity index (χ0v) is 15.3. The minimum absolute atomic E-state index is 0.100. The number of likely N-dealkylation sites (tertiary alicyclic amines) is 1. The van der Waals surface area contributed by atoms with Crippen LogP contribution in [-0.4, -0.2) is 47.6 Å². The van der Waals surface area contributed by atoms with Gasteiger partial charge in [-0.3, -0.25) is 4.79 Å². The average Bonchev–Trinajstić information content (AvgIpc) is 3.16. The van der Waals surface area contributed by atoms with E-state index in [2.05, 4.69) is 37.5 Å². The van der Waals surface area contributed by atoms with Gasteiger partial charge in [0.05, 0.1) is 12.6 Å². The van der Waals surface area contributed by atoms with Crippen LogP contribution in [0.5, 0.6) is 0 Å². The van der Waals surface area contributed by atoms with E-state index >= 15 is 0 Å². The predicted octanol–water partition coefficient (Wildman–Crippen LogP) is 2.04. The van der Waals surface area contributed by atoms with Crippen LogP contribution in [0.15, 0.2) is 0 Å². The van der Waals surface area contributed by atoms with E-state index in [0.29, 0.717) is 18.6 Å². The summed E-state index contributed by atoms with van der Waals surface area (Å²) in [7, 11) is 0. The molecule has 0 aromatic heterocycles. The van der Waals surface area contributed by atoms with Gasteiger partial charge in [-0.1, -0.05) is 0 Å². The van der Waals surface area contributed by atoms with E-state index in [0.717, 1.165) is 31.2 Å². The van der Waals surface area contributed by atoms with E-state index in [1.807, 2.05) is 0 Å². The number of hydrogen-bond acceptors (Lipinski definition) is 4. The predicted molar refractivity (Wildman–Crippen MR) is 94.3 cm³/mol. The van der Waals surface area contributed by atoms with Crippen molar-refractivity contribution in [1.29, 1.82) is 5.26 Å². The lowest BCUT2D eigenvalue weighted by molar-refractivity contribution is -0.130. The Morgan fingerprint density at radius 3 is 2.38 bits per heavy atom. The summed E-state index contributed by atoms with van der Waals surface area (Å²) in [5, 5.41) is 16.3. The molecule has 1 aliphatic heterocycles. The van der Waals surface area contributed by atoms with Crippen molar-refractivity contribution < 1.29 is 4.79 Å². The van der Waals surface area contributed by atoms with Crippen LogP contribution >= 0.6 is 0 Å². The molecule has 2 N–H and O–H groups in total. The number of hydrogen-bond donors (Lipinski definition) is 2. The minimum atomic E-state index is -0.202. The quantitative estimate of drug-likeness (QED) is 0.827. The van der Waals surface area contributed by atoms with Crippen LogP contribution in [0.2, 0.25) is 0 Å². The number of fused-ring (bicyclic) bond motifs is 1.